The van der Waals surface area contributed by atoms with Crippen molar-refractivity contribution >= 4 is 11.8 Å². The number of rotatable bonds is 9. The maximum atomic E-state index is 6.05. The number of ether oxygens (including phenoxy) is 4. The van der Waals surface area contributed by atoms with E-state index in [1.54, 1.807) is 27.5 Å². The fourth-order valence-electron chi connectivity index (χ4n) is 2.32. The van der Waals surface area contributed by atoms with Crippen molar-refractivity contribution < 1.29 is 18.9 Å². The molecule has 0 radical (unpaired) electrons. The number of anilines is 2. The first-order valence-corrected chi connectivity index (χ1v) is 7.84. The minimum Gasteiger partial charge on any atom is -0.493 e. The lowest BCUT2D eigenvalue weighted by atomic mass is 10.1. The van der Waals surface area contributed by atoms with Crippen LogP contribution in [0.5, 0.6) is 17.2 Å². The van der Waals surface area contributed by atoms with Crippen molar-refractivity contribution in [3.8, 4) is 17.2 Å². The molecular weight excluding hydrogens is 324 g/mol. The molecule has 0 bridgehead atoms. The van der Waals surface area contributed by atoms with Crippen LogP contribution in [0.15, 0.2) is 18.3 Å². The molecule has 8 nitrogen and oxygen atoms in total. The number of hydrogen-bond acceptors (Lipinski definition) is 8. The zero-order valence-corrected chi connectivity index (χ0v) is 15.0. The van der Waals surface area contributed by atoms with E-state index >= 15 is 0 Å². The lowest BCUT2D eigenvalue weighted by molar-refractivity contribution is 0.166. The Bertz CT molecular complexity index is 684. The van der Waals surface area contributed by atoms with Gasteiger partial charge >= 0.3 is 0 Å². The summed E-state index contributed by atoms with van der Waals surface area (Å²) < 4.78 is 21.3. The number of nitrogens with two attached hydrogens (primary N) is 1. The molecule has 0 spiro atoms. The van der Waals surface area contributed by atoms with Crippen molar-refractivity contribution in [1.82, 2.24) is 9.97 Å². The van der Waals surface area contributed by atoms with Crippen molar-refractivity contribution in [1.29, 1.82) is 0 Å². The van der Waals surface area contributed by atoms with Gasteiger partial charge in [-0.05, 0) is 24.6 Å². The van der Waals surface area contributed by atoms with E-state index in [-0.39, 0.29) is 0 Å². The number of hydrogen-bond donors (Lipinski definition) is 2. The second-order valence-electron chi connectivity index (χ2n) is 5.13. The zero-order valence-electron chi connectivity index (χ0n) is 15.0. The van der Waals surface area contributed by atoms with E-state index < -0.39 is 0 Å². The zero-order chi connectivity index (χ0) is 18.2. The minimum absolute atomic E-state index is 0.335. The molecule has 136 valence electrons. The quantitative estimate of drug-likeness (QED) is 0.525. The van der Waals surface area contributed by atoms with Crippen LogP contribution in [0.4, 0.5) is 11.8 Å². The van der Waals surface area contributed by atoms with Crippen LogP contribution in [0.1, 0.15) is 18.1 Å². The third kappa shape index (κ3) is 4.63. The molecule has 1 aromatic heterocycles. The molecule has 0 saturated carbocycles. The Morgan fingerprint density at radius 2 is 1.76 bits per heavy atom. The van der Waals surface area contributed by atoms with Gasteiger partial charge in [0.25, 0.3) is 0 Å². The maximum absolute atomic E-state index is 6.05. The fraction of sp³-hybridized carbons (Fsp3) is 0.412. The molecule has 0 saturated heterocycles. The molecule has 0 aliphatic rings. The minimum atomic E-state index is 0.335. The van der Waals surface area contributed by atoms with Crippen LogP contribution in [0, 0.1) is 0 Å². The van der Waals surface area contributed by atoms with Gasteiger partial charge in [0.05, 0.1) is 21.3 Å². The summed E-state index contributed by atoms with van der Waals surface area (Å²) in [7, 11) is 4.73. The van der Waals surface area contributed by atoms with Gasteiger partial charge < -0.3 is 30.0 Å². The predicted octanol–water partition coefficient (Wildman–Crippen LogP) is 2.08. The second kappa shape index (κ2) is 8.93. The van der Waals surface area contributed by atoms with Gasteiger partial charge in [-0.25, -0.2) is 4.98 Å². The van der Waals surface area contributed by atoms with Gasteiger partial charge in [-0.3, -0.25) is 0 Å². The fourth-order valence-corrected chi connectivity index (χ4v) is 2.32. The SMILES string of the molecule is CCOCNc1ncc(Cc2cc(OC)c(OC)c(OC)c2)c(N)n1. The normalized spacial score (nSPS) is 10.4. The Hall–Kier alpha value is -2.74. The molecule has 1 aromatic carbocycles. The molecule has 8 heteroatoms. The third-order valence-electron chi connectivity index (χ3n) is 3.55. The molecule has 1 heterocycles. The summed E-state index contributed by atoms with van der Waals surface area (Å²) in [6.45, 7) is 2.86. The highest BCUT2D eigenvalue weighted by atomic mass is 16.5. The van der Waals surface area contributed by atoms with Crippen molar-refractivity contribution in [2.75, 3.05) is 45.7 Å². The average molecular weight is 348 g/mol. The summed E-state index contributed by atoms with van der Waals surface area (Å²) in [6, 6.07) is 3.75. The average Bonchev–Trinajstić information content (AvgIpc) is 2.63. The molecule has 0 aliphatic carbocycles. The van der Waals surface area contributed by atoms with Crippen LogP contribution < -0.4 is 25.3 Å². The largest absolute Gasteiger partial charge is 0.493 e. The number of benzene rings is 1. The molecule has 0 aliphatic heterocycles. The molecule has 0 amide bonds. The van der Waals surface area contributed by atoms with Crippen LogP contribution in [0.25, 0.3) is 0 Å². The molecule has 0 atom stereocenters. The molecule has 0 fully saturated rings. The Morgan fingerprint density at radius 1 is 1.08 bits per heavy atom. The lowest BCUT2D eigenvalue weighted by Crippen LogP contribution is -2.10. The third-order valence-corrected chi connectivity index (χ3v) is 3.55. The van der Waals surface area contributed by atoms with Crippen LogP contribution in [0.3, 0.4) is 0 Å². The number of nitrogens with one attached hydrogen (secondary N) is 1. The van der Waals surface area contributed by atoms with E-state index in [9.17, 15) is 0 Å². The summed E-state index contributed by atoms with van der Waals surface area (Å²) in [4.78, 5) is 8.51. The number of aromatic nitrogens is 2. The first-order valence-electron chi connectivity index (χ1n) is 7.84. The van der Waals surface area contributed by atoms with Crippen LogP contribution in [-0.4, -0.2) is 44.6 Å². The van der Waals surface area contributed by atoms with Gasteiger partial charge in [0.15, 0.2) is 11.5 Å². The van der Waals surface area contributed by atoms with E-state index in [0.717, 1.165) is 11.1 Å². The summed E-state index contributed by atoms with van der Waals surface area (Å²) in [6.07, 6.45) is 2.23. The van der Waals surface area contributed by atoms with E-state index in [4.69, 9.17) is 24.7 Å². The number of nitrogens with zero attached hydrogens (tertiary/aromatic N) is 2. The van der Waals surface area contributed by atoms with E-state index in [0.29, 0.717) is 48.8 Å². The van der Waals surface area contributed by atoms with Crippen molar-refractivity contribution in [2.24, 2.45) is 0 Å². The van der Waals surface area contributed by atoms with Gasteiger partial charge in [-0.15, -0.1) is 0 Å². The topological polar surface area (TPSA) is 101 Å². The summed E-state index contributed by atoms with van der Waals surface area (Å²) in [5.41, 5.74) is 7.80. The van der Waals surface area contributed by atoms with Crippen LogP contribution in [-0.2, 0) is 11.2 Å². The molecule has 0 unspecified atom stereocenters. The van der Waals surface area contributed by atoms with Crippen molar-refractivity contribution in [3.05, 3.63) is 29.5 Å². The van der Waals surface area contributed by atoms with E-state index in [1.807, 2.05) is 19.1 Å². The summed E-state index contributed by atoms with van der Waals surface area (Å²) in [5, 5.41) is 2.95. The second-order valence-corrected chi connectivity index (χ2v) is 5.13. The predicted molar refractivity (Wildman–Crippen MR) is 95.5 cm³/mol. The van der Waals surface area contributed by atoms with E-state index in [2.05, 4.69) is 15.3 Å². The molecule has 25 heavy (non-hydrogen) atoms. The Labute approximate surface area is 147 Å². The van der Waals surface area contributed by atoms with Gasteiger partial charge in [0.1, 0.15) is 12.5 Å². The van der Waals surface area contributed by atoms with Gasteiger partial charge in [0, 0.05) is 24.8 Å². The van der Waals surface area contributed by atoms with Crippen LogP contribution >= 0.6 is 0 Å². The standard InChI is InChI=1S/C17H24N4O4/c1-5-25-10-20-17-19-9-12(16(18)21-17)6-11-7-13(22-2)15(24-4)14(8-11)23-3/h7-9H,5-6,10H2,1-4H3,(H3,18,19,20,21). The van der Waals surface area contributed by atoms with Gasteiger partial charge in [-0.1, -0.05) is 0 Å². The first kappa shape index (κ1) is 18.6. The van der Waals surface area contributed by atoms with Gasteiger partial charge in [0.2, 0.25) is 11.7 Å². The maximum Gasteiger partial charge on any atom is 0.226 e. The molecular formula is C17H24N4O4. The van der Waals surface area contributed by atoms with Gasteiger partial charge in [-0.2, -0.15) is 4.98 Å². The van der Waals surface area contributed by atoms with Crippen molar-refractivity contribution in [2.45, 2.75) is 13.3 Å². The van der Waals surface area contributed by atoms with Crippen LogP contribution in [0.2, 0.25) is 0 Å². The van der Waals surface area contributed by atoms with E-state index in [1.165, 1.54) is 0 Å². The smallest absolute Gasteiger partial charge is 0.226 e. The van der Waals surface area contributed by atoms with Crippen molar-refractivity contribution in [3.63, 3.8) is 0 Å². The summed E-state index contributed by atoms with van der Waals surface area (Å²) in [5.74, 6) is 2.56. The molecule has 3 N–H and O–H groups in total. The molecule has 2 rings (SSSR count). The highest BCUT2D eigenvalue weighted by Crippen LogP contribution is 2.38. The Morgan fingerprint density at radius 3 is 2.28 bits per heavy atom. The molecule has 2 aromatic rings. The monoisotopic (exact) mass is 348 g/mol. The lowest BCUT2D eigenvalue weighted by Gasteiger charge is -2.14. The Balaban J connectivity index is 2.21. The first-order chi connectivity index (χ1) is 12.1. The number of nitrogen functional groups attached to an aromatic ring is 1. The Kier molecular flexibility index (Phi) is 6.64. The highest BCUT2D eigenvalue weighted by molar-refractivity contribution is 5.55. The number of methoxy groups -OCH3 is 3. The highest BCUT2D eigenvalue weighted by Gasteiger charge is 2.14. The summed E-state index contributed by atoms with van der Waals surface area (Å²) >= 11 is 0.